The molecule has 0 saturated heterocycles. The van der Waals surface area contributed by atoms with E-state index in [1.165, 1.54) is 17.5 Å². The Morgan fingerprint density at radius 3 is 2.64 bits per heavy atom. The molecule has 22 heavy (non-hydrogen) atoms. The predicted octanol–water partition coefficient (Wildman–Crippen LogP) is 2.48. The van der Waals surface area contributed by atoms with Gasteiger partial charge in [0.05, 0.1) is 4.90 Å². The van der Waals surface area contributed by atoms with Crippen LogP contribution in [0.3, 0.4) is 0 Å². The first-order valence-electron chi connectivity index (χ1n) is 7.66. The Morgan fingerprint density at radius 1 is 1.05 bits per heavy atom. The molecule has 0 bridgehead atoms. The van der Waals surface area contributed by atoms with Crippen LogP contribution < -0.4 is 4.72 Å². The number of aromatic nitrogens is 1. The molecule has 1 heterocycles. The number of hydrogen-bond donors (Lipinski definition) is 1. The molecule has 1 aromatic carbocycles. The Kier molecular flexibility index (Phi) is 4.55. The summed E-state index contributed by atoms with van der Waals surface area (Å²) in [6.07, 6.45) is 6.68. The maximum absolute atomic E-state index is 12.4. The van der Waals surface area contributed by atoms with E-state index in [4.69, 9.17) is 0 Å². The molecule has 4 nitrogen and oxygen atoms in total. The zero-order chi connectivity index (χ0) is 15.4. The van der Waals surface area contributed by atoms with Gasteiger partial charge < -0.3 is 0 Å². The summed E-state index contributed by atoms with van der Waals surface area (Å²) in [7, 11) is -3.44. The minimum atomic E-state index is -3.44. The number of aryl methyl sites for hydroxylation is 2. The van der Waals surface area contributed by atoms with E-state index in [2.05, 4.69) is 9.71 Å². The van der Waals surface area contributed by atoms with Gasteiger partial charge in [0.1, 0.15) is 0 Å². The van der Waals surface area contributed by atoms with Crippen molar-refractivity contribution in [2.45, 2.75) is 37.0 Å². The van der Waals surface area contributed by atoms with Gasteiger partial charge in [-0.3, -0.25) is 4.98 Å². The van der Waals surface area contributed by atoms with Gasteiger partial charge in [-0.2, -0.15) is 0 Å². The van der Waals surface area contributed by atoms with E-state index in [9.17, 15) is 8.42 Å². The normalized spacial score (nSPS) is 14.5. The third-order valence-electron chi connectivity index (χ3n) is 4.03. The average Bonchev–Trinajstić information content (AvgIpc) is 2.55. The van der Waals surface area contributed by atoms with Crippen LogP contribution in [0.4, 0.5) is 0 Å². The topological polar surface area (TPSA) is 59.1 Å². The first kappa shape index (κ1) is 15.2. The molecule has 116 valence electrons. The van der Waals surface area contributed by atoms with Crippen LogP contribution in [0.5, 0.6) is 0 Å². The second-order valence-electron chi connectivity index (χ2n) is 5.61. The van der Waals surface area contributed by atoms with Gasteiger partial charge in [-0.05, 0) is 61.1 Å². The lowest BCUT2D eigenvalue weighted by atomic mass is 9.92. The van der Waals surface area contributed by atoms with Gasteiger partial charge in [-0.25, -0.2) is 13.1 Å². The van der Waals surface area contributed by atoms with Gasteiger partial charge in [0.25, 0.3) is 0 Å². The van der Waals surface area contributed by atoms with Crippen molar-refractivity contribution in [3.63, 3.8) is 0 Å². The van der Waals surface area contributed by atoms with Crippen LogP contribution in [-0.4, -0.2) is 19.9 Å². The zero-order valence-electron chi connectivity index (χ0n) is 12.5. The van der Waals surface area contributed by atoms with E-state index < -0.39 is 10.0 Å². The van der Waals surface area contributed by atoms with Crippen molar-refractivity contribution in [3.05, 3.63) is 59.4 Å². The maximum atomic E-state index is 12.4. The highest BCUT2D eigenvalue weighted by atomic mass is 32.2. The van der Waals surface area contributed by atoms with E-state index in [1.807, 2.05) is 30.3 Å². The molecule has 0 saturated carbocycles. The Hall–Kier alpha value is -1.72. The third-order valence-corrected chi connectivity index (χ3v) is 5.49. The average molecular weight is 316 g/mol. The summed E-state index contributed by atoms with van der Waals surface area (Å²) in [4.78, 5) is 4.56. The van der Waals surface area contributed by atoms with Crippen LogP contribution in [0.1, 0.15) is 29.7 Å². The molecule has 0 radical (unpaired) electrons. The van der Waals surface area contributed by atoms with Crippen molar-refractivity contribution in [1.29, 1.82) is 0 Å². The van der Waals surface area contributed by atoms with Crippen molar-refractivity contribution in [2.75, 3.05) is 6.54 Å². The van der Waals surface area contributed by atoms with Crippen molar-refractivity contribution >= 4 is 10.0 Å². The number of nitrogens with one attached hydrogen (secondary N) is 1. The molecule has 1 aromatic heterocycles. The van der Waals surface area contributed by atoms with Gasteiger partial charge in [0.15, 0.2) is 0 Å². The van der Waals surface area contributed by atoms with Crippen LogP contribution in [0.25, 0.3) is 0 Å². The molecule has 1 aliphatic rings. The summed E-state index contributed by atoms with van der Waals surface area (Å²) in [6, 6.07) is 11.2. The Morgan fingerprint density at radius 2 is 1.86 bits per heavy atom. The number of sulfonamides is 1. The highest BCUT2D eigenvalue weighted by Gasteiger charge is 2.17. The quantitative estimate of drug-likeness (QED) is 0.922. The van der Waals surface area contributed by atoms with E-state index in [-0.39, 0.29) is 0 Å². The molecule has 1 aliphatic carbocycles. The molecule has 0 fully saturated rings. The van der Waals surface area contributed by atoms with Gasteiger partial charge in [-0.1, -0.05) is 12.1 Å². The Bertz CT molecular complexity index is 743. The predicted molar refractivity (Wildman–Crippen MR) is 86.2 cm³/mol. The summed E-state index contributed by atoms with van der Waals surface area (Å²) < 4.78 is 27.4. The van der Waals surface area contributed by atoms with Crippen LogP contribution in [0.2, 0.25) is 0 Å². The Labute approximate surface area is 131 Å². The summed E-state index contributed by atoms with van der Waals surface area (Å²) in [6.45, 7) is 0.358. The number of benzene rings is 1. The highest BCUT2D eigenvalue weighted by Crippen LogP contribution is 2.23. The van der Waals surface area contributed by atoms with Crippen molar-refractivity contribution in [1.82, 2.24) is 9.71 Å². The van der Waals surface area contributed by atoms with E-state index in [0.29, 0.717) is 17.9 Å². The number of rotatable bonds is 5. The van der Waals surface area contributed by atoms with Crippen LogP contribution in [0, 0.1) is 0 Å². The molecular weight excluding hydrogens is 296 g/mol. The first-order valence-corrected chi connectivity index (χ1v) is 9.15. The molecule has 0 atom stereocenters. The molecule has 0 aliphatic heterocycles. The second-order valence-corrected chi connectivity index (χ2v) is 7.37. The van der Waals surface area contributed by atoms with Gasteiger partial charge in [0, 0.05) is 24.9 Å². The lowest BCUT2D eigenvalue weighted by Crippen LogP contribution is -2.26. The lowest BCUT2D eigenvalue weighted by molar-refractivity contribution is 0.580. The summed E-state index contributed by atoms with van der Waals surface area (Å²) in [5.74, 6) is 0. The zero-order valence-corrected chi connectivity index (χ0v) is 13.3. The third kappa shape index (κ3) is 3.54. The van der Waals surface area contributed by atoms with E-state index in [0.717, 1.165) is 25.0 Å². The van der Waals surface area contributed by atoms with Gasteiger partial charge >= 0.3 is 0 Å². The summed E-state index contributed by atoms with van der Waals surface area (Å²) in [5, 5.41) is 0. The van der Waals surface area contributed by atoms with Crippen LogP contribution in [-0.2, 0) is 29.3 Å². The second kappa shape index (κ2) is 6.58. The molecule has 0 unspecified atom stereocenters. The first-order chi connectivity index (χ1) is 10.6. The number of pyridine rings is 1. The van der Waals surface area contributed by atoms with E-state index >= 15 is 0 Å². The minimum Gasteiger partial charge on any atom is -0.261 e. The van der Waals surface area contributed by atoms with Crippen molar-refractivity contribution in [2.24, 2.45) is 0 Å². The molecule has 3 rings (SSSR count). The largest absolute Gasteiger partial charge is 0.261 e. The summed E-state index contributed by atoms with van der Waals surface area (Å²) in [5.41, 5.74) is 3.35. The SMILES string of the molecule is O=S(=O)(NCCc1ccccn1)c1ccc2c(c1)CCCC2. The molecule has 0 spiro atoms. The number of hydrogen-bond acceptors (Lipinski definition) is 3. The van der Waals surface area contributed by atoms with E-state index in [1.54, 1.807) is 12.3 Å². The Balaban J connectivity index is 1.67. The smallest absolute Gasteiger partial charge is 0.240 e. The minimum absolute atomic E-state index is 0.358. The fraction of sp³-hybridized carbons (Fsp3) is 0.353. The number of fused-ring (bicyclic) bond motifs is 1. The lowest BCUT2D eigenvalue weighted by Gasteiger charge is -2.16. The highest BCUT2D eigenvalue weighted by molar-refractivity contribution is 7.89. The monoisotopic (exact) mass is 316 g/mol. The van der Waals surface area contributed by atoms with Gasteiger partial charge in [-0.15, -0.1) is 0 Å². The molecule has 5 heteroatoms. The van der Waals surface area contributed by atoms with Crippen molar-refractivity contribution in [3.8, 4) is 0 Å². The fourth-order valence-corrected chi connectivity index (χ4v) is 3.90. The molecule has 0 amide bonds. The number of nitrogens with zero attached hydrogens (tertiary/aromatic N) is 1. The molecule has 2 aromatic rings. The fourth-order valence-electron chi connectivity index (χ4n) is 2.82. The molecular formula is C17H20N2O2S. The van der Waals surface area contributed by atoms with Crippen LogP contribution in [0.15, 0.2) is 47.5 Å². The van der Waals surface area contributed by atoms with Crippen LogP contribution >= 0.6 is 0 Å². The summed E-state index contributed by atoms with van der Waals surface area (Å²) >= 11 is 0. The maximum Gasteiger partial charge on any atom is 0.240 e. The molecule has 1 N–H and O–H groups in total. The van der Waals surface area contributed by atoms with Gasteiger partial charge in [0.2, 0.25) is 10.0 Å². The van der Waals surface area contributed by atoms with Crippen molar-refractivity contribution < 1.29 is 8.42 Å². The standard InChI is InChI=1S/C17H20N2O2S/c20-22(21,19-12-10-16-7-3-4-11-18-16)17-9-8-14-5-1-2-6-15(14)13-17/h3-4,7-9,11,13,19H,1-2,5-6,10,12H2.